The van der Waals surface area contributed by atoms with E-state index in [1.54, 1.807) is 6.07 Å². The van der Waals surface area contributed by atoms with E-state index in [2.05, 4.69) is 11.9 Å². The summed E-state index contributed by atoms with van der Waals surface area (Å²) in [5.74, 6) is 0.654. The van der Waals surface area contributed by atoms with Crippen molar-refractivity contribution in [2.24, 2.45) is 0 Å². The Morgan fingerprint density at radius 3 is 2.86 bits per heavy atom. The van der Waals surface area contributed by atoms with Gasteiger partial charge in [0.1, 0.15) is 0 Å². The monoisotopic (exact) mass is 191 g/mol. The standard InChI is InChI=1S/C11H15N2O/c1-3-4-7-14-11-8-9(2)5-6-10(11)13-12/h5-6,8H,3-4,7H2,1-2H3/q+1. The zero-order valence-corrected chi connectivity index (χ0v) is 8.66. The van der Waals surface area contributed by atoms with Gasteiger partial charge in [0.25, 0.3) is 0 Å². The molecule has 0 aliphatic carbocycles. The second kappa shape index (κ2) is 5.23. The van der Waals surface area contributed by atoms with Crippen molar-refractivity contribution in [3.05, 3.63) is 28.7 Å². The van der Waals surface area contributed by atoms with Crippen LogP contribution >= 0.6 is 0 Å². The topological polar surface area (TPSA) is 37.4 Å². The summed E-state index contributed by atoms with van der Waals surface area (Å²) in [6, 6.07) is 5.52. The van der Waals surface area contributed by atoms with Crippen LogP contribution in [-0.4, -0.2) is 6.61 Å². The summed E-state index contributed by atoms with van der Waals surface area (Å²) in [4.78, 5) is 3.17. The molecular formula is C11H15N2O+. The summed E-state index contributed by atoms with van der Waals surface area (Å²) in [6.07, 6.45) is 2.11. The lowest BCUT2D eigenvalue weighted by atomic mass is 10.2. The summed E-state index contributed by atoms with van der Waals surface area (Å²) in [5.41, 5.74) is 1.59. The van der Waals surface area contributed by atoms with Crippen molar-refractivity contribution in [3.8, 4) is 5.75 Å². The van der Waals surface area contributed by atoms with Crippen LogP contribution in [-0.2, 0) is 0 Å². The molecule has 0 radical (unpaired) electrons. The van der Waals surface area contributed by atoms with Crippen LogP contribution in [0.4, 0.5) is 5.69 Å². The molecule has 0 aliphatic heterocycles. The Bertz CT molecular complexity index is 342. The van der Waals surface area contributed by atoms with Gasteiger partial charge >= 0.3 is 5.69 Å². The maximum Gasteiger partial charge on any atom is 0.426 e. The van der Waals surface area contributed by atoms with Crippen LogP contribution in [0.3, 0.4) is 0 Å². The number of hydrogen-bond donors (Lipinski definition) is 0. The minimum absolute atomic E-state index is 0.492. The Morgan fingerprint density at radius 2 is 2.21 bits per heavy atom. The van der Waals surface area contributed by atoms with Crippen LogP contribution in [0.5, 0.6) is 5.75 Å². The van der Waals surface area contributed by atoms with Gasteiger partial charge in [0.15, 0.2) is 4.98 Å². The highest BCUT2D eigenvalue weighted by atomic mass is 16.5. The van der Waals surface area contributed by atoms with Gasteiger partial charge in [-0.1, -0.05) is 19.4 Å². The zero-order valence-electron chi connectivity index (χ0n) is 8.66. The maximum absolute atomic E-state index is 8.71. The fourth-order valence-electron chi connectivity index (χ4n) is 1.15. The van der Waals surface area contributed by atoms with Gasteiger partial charge in [0.05, 0.1) is 6.61 Å². The first-order valence-corrected chi connectivity index (χ1v) is 4.86. The Morgan fingerprint density at radius 1 is 1.43 bits per heavy atom. The molecule has 0 aromatic heterocycles. The van der Waals surface area contributed by atoms with Gasteiger partial charge in [-0.05, 0) is 25.0 Å². The van der Waals surface area contributed by atoms with E-state index in [-0.39, 0.29) is 0 Å². The molecule has 3 nitrogen and oxygen atoms in total. The lowest BCUT2D eigenvalue weighted by molar-refractivity contribution is 0.311. The molecule has 0 unspecified atom stereocenters. The molecule has 1 rings (SSSR count). The van der Waals surface area contributed by atoms with Crippen LogP contribution in [0.15, 0.2) is 18.2 Å². The molecule has 0 atom stereocenters. The van der Waals surface area contributed by atoms with E-state index in [0.29, 0.717) is 18.0 Å². The van der Waals surface area contributed by atoms with Crippen molar-refractivity contribution >= 4 is 5.69 Å². The van der Waals surface area contributed by atoms with Crippen LogP contribution < -0.4 is 4.74 Å². The van der Waals surface area contributed by atoms with Crippen LogP contribution in [0.1, 0.15) is 25.3 Å². The van der Waals surface area contributed by atoms with Gasteiger partial charge < -0.3 is 4.74 Å². The number of aryl methyl sites for hydroxylation is 1. The first kappa shape index (κ1) is 10.5. The second-order valence-corrected chi connectivity index (χ2v) is 3.27. The lowest BCUT2D eigenvalue weighted by Gasteiger charge is -2.02. The Balaban J connectivity index is 2.73. The zero-order chi connectivity index (χ0) is 10.4. The van der Waals surface area contributed by atoms with E-state index in [1.165, 1.54) is 0 Å². The number of hydrogen-bond acceptors (Lipinski definition) is 2. The molecule has 0 bridgehead atoms. The SMILES string of the molecule is CCCCOc1cc(C)ccc1[N+]#N. The first-order valence-electron chi connectivity index (χ1n) is 4.86. The molecule has 1 aromatic rings. The van der Waals surface area contributed by atoms with Crippen molar-refractivity contribution in [2.45, 2.75) is 26.7 Å². The Hall–Kier alpha value is -1.56. The van der Waals surface area contributed by atoms with Crippen molar-refractivity contribution < 1.29 is 4.74 Å². The number of diazo groups is 1. The lowest BCUT2D eigenvalue weighted by Crippen LogP contribution is -1.96. The largest absolute Gasteiger partial charge is 0.486 e. The summed E-state index contributed by atoms with van der Waals surface area (Å²) >= 11 is 0. The van der Waals surface area contributed by atoms with Crippen molar-refractivity contribution in [2.75, 3.05) is 6.61 Å². The molecular weight excluding hydrogens is 176 g/mol. The third kappa shape index (κ3) is 2.74. The number of benzene rings is 1. The molecule has 0 spiro atoms. The molecule has 0 N–H and O–H groups in total. The molecule has 14 heavy (non-hydrogen) atoms. The van der Waals surface area contributed by atoms with Crippen molar-refractivity contribution in [3.63, 3.8) is 0 Å². The van der Waals surface area contributed by atoms with Crippen LogP contribution in [0, 0.1) is 12.3 Å². The molecule has 0 saturated heterocycles. The Labute approximate surface area is 84.3 Å². The molecule has 74 valence electrons. The van der Waals surface area contributed by atoms with E-state index in [9.17, 15) is 0 Å². The predicted octanol–water partition coefficient (Wildman–Crippen LogP) is 3.66. The summed E-state index contributed by atoms with van der Waals surface area (Å²) in [6.45, 7) is 4.76. The molecule has 3 heteroatoms. The smallest absolute Gasteiger partial charge is 0.426 e. The van der Waals surface area contributed by atoms with Gasteiger partial charge in [-0.25, -0.2) is 0 Å². The average molecular weight is 191 g/mol. The van der Waals surface area contributed by atoms with Gasteiger partial charge in [-0.3, -0.25) is 0 Å². The highest BCUT2D eigenvalue weighted by Gasteiger charge is 2.14. The van der Waals surface area contributed by atoms with E-state index in [1.807, 2.05) is 19.1 Å². The van der Waals surface area contributed by atoms with E-state index in [4.69, 9.17) is 10.1 Å². The van der Waals surface area contributed by atoms with Crippen LogP contribution in [0.25, 0.3) is 4.98 Å². The van der Waals surface area contributed by atoms with Gasteiger partial charge in [-0.15, -0.1) is 0 Å². The first-order chi connectivity index (χ1) is 6.77. The number of rotatable bonds is 4. The number of unbranched alkanes of at least 4 members (excludes halogenated alkanes) is 1. The fourth-order valence-corrected chi connectivity index (χ4v) is 1.15. The van der Waals surface area contributed by atoms with Gasteiger partial charge in [-0.2, -0.15) is 0 Å². The normalized spacial score (nSPS) is 9.50. The average Bonchev–Trinajstić information content (AvgIpc) is 2.19. The molecule has 0 amide bonds. The third-order valence-corrected chi connectivity index (χ3v) is 1.98. The summed E-state index contributed by atoms with van der Waals surface area (Å²) in [5, 5.41) is 8.71. The van der Waals surface area contributed by atoms with Gasteiger partial charge in [0.2, 0.25) is 11.1 Å². The molecule has 0 aliphatic rings. The molecule has 1 aromatic carbocycles. The van der Waals surface area contributed by atoms with Gasteiger partial charge in [0, 0.05) is 6.07 Å². The minimum atomic E-state index is 0.492. The molecule has 0 saturated carbocycles. The van der Waals surface area contributed by atoms with Crippen LogP contribution in [0.2, 0.25) is 0 Å². The Kier molecular flexibility index (Phi) is 3.93. The highest BCUT2D eigenvalue weighted by Crippen LogP contribution is 2.28. The number of ether oxygens (including phenoxy) is 1. The predicted molar refractivity (Wildman–Crippen MR) is 56.3 cm³/mol. The quantitative estimate of drug-likeness (QED) is 0.538. The second-order valence-electron chi connectivity index (χ2n) is 3.27. The fraction of sp³-hybridized carbons (Fsp3) is 0.455. The molecule has 0 fully saturated rings. The minimum Gasteiger partial charge on any atom is -0.486 e. The summed E-state index contributed by atoms with van der Waals surface area (Å²) in [7, 11) is 0. The van der Waals surface area contributed by atoms with E-state index in [0.717, 1.165) is 18.4 Å². The number of nitrogens with zero attached hydrogens (tertiary/aromatic N) is 2. The van der Waals surface area contributed by atoms with E-state index >= 15 is 0 Å². The van der Waals surface area contributed by atoms with Crippen molar-refractivity contribution in [1.82, 2.24) is 0 Å². The summed E-state index contributed by atoms with van der Waals surface area (Å²) < 4.78 is 5.50. The van der Waals surface area contributed by atoms with Crippen molar-refractivity contribution in [1.29, 1.82) is 5.39 Å². The highest BCUT2D eigenvalue weighted by molar-refractivity contribution is 5.57. The maximum atomic E-state index is 8.71. The van der Waals surface area contributed by atoms with E-state index < -0.39 is 0 Å². The molecule has 0 heterocycles. The third-order valence-electron chi connectivity index (χ3n) is 1.98.